The Balaban J connectivity index is 1.24. The molecule has 4 rings (SSSR count). The van der Waals surface area contributed by atoms with Crippen LogP contribution >= 0.6 is 0 Å². The Hall–Kier alpha value is -3.15. The maximum atomic E-state index is 12.4. The van der Waals surface area contributed by atoms with Gasteiger partial charge in [-0.15, -0.1) is 10.2 Å². The minimum atomic E-state index is 0.0362. The van der Waals surface area contributed by atoms with Crippen molar-refractivity contribution in [3.8, 4) is 17.2 Å². The van der Waals surface area contributed by atoms with Crippen molar-refractivity contribution in [1.29, 1.82) is 0 Å². The van der Waals surface area contributed by atoms with Gasteiger partial charge in [-0.05, 0) is 55.5 Å². The number of benzene rings is 2. The molecule has 6 nitrogen and oxygen atoms in total. The number of carbonyl (C=O) groups excluding carboxylic acids is 1. The van der Waals surface area contributed by atoms with Gasteiger partial charge in [0.1, 0.15) is 5.75 Å². The van der Waals surface area contributed by atoms with Crippen molar-refractivity contribution in [3.05, 3.63) is 66.1 Å². The van der Waals surface area contributed by atoms with E-state index in [2.05, 4.69) is 10.2 Å². The number of ether oxygens (including phenoxy) is 1. The first kappa shape index (κ1) is 19.2. The predicted octanol–water partition coefficient (Wildman–Crippen LogP) is 3.91. The molecule has 1 aliphatic rings. The molecule has 2 aromatic carbocycles. The lowest BCUT2D eigenvalue weighted by molar-refractivity contribution is -0.134. The van der Waals surface area contributed by atoms with Crippen LogP contribution in [0.2, 0.25) is 0 Å². The van der Waals surface area contributed by atoms with E-state index in [-0.39, 0.29) is 12.5 Å². The molecule has 150 valence electrons. The van der Waals surface area contributed by atoms with Gasteiger partial charge in [-0.2, -0.15) is 0 Å². The number of likely N-dealkylation sites (tertiary alicyclic amines) is 1. The van der Waals surface area contributed by atoms with Gasteiger partial charge in [-0.25, -0.2) is 0 Å². The van der Waals surface area contributed by atoms with E-state index in [1.807, 2.05) is 66.4 Å². The van der Waals surface area contributed by atoms with Crippen LogP contribution in [-0.4, -0.2) is 40.7 Å². The first-order valence-corrected chi connectivity index (χ1v) is 10.0. The molecule has 0 N–H and O–H groups in total. The zero-order valence-corrected chi connectivity index (χ0v) is 16.6. The molecular weight excluding hydrogens is 366 g/mol. The Labute approximate surface area is 170 Å². The average Bonchev–Trinajstić information content (AvgIpc) is 3.22. The molecule has 2 heterocycles. The molecule has 0 aliphatic carbocycles. The van der Waals surface area contributed by atoms with Crippen molar-refractivity contribution in [1.82, 2.24) is 15.1 Å². The van der Waals surface area contributed by atoms with Gasteiger partial charge in [0.15, 0.2) is 6.61 Å². The monoisotopic (exact) mass is 391 g/mol. The van der Waals surface area contributed by atoms with Crippen LogP contribution in [-0.2, 0) is 11.2 Å². The third-order valence-electron chi connectivity index (χ3n) is 5.27. The van der Waals surface area contributed by atoms with Gasteiger partial charge in [0.2, 0.25) is 11.8 Å². The Morgan fingerprint density at radius 1 is 1.10 bits per heavy atom. The number of piperidine rings is 1. The predicted molar refractivity (Wildman–Crippen MR) is 109 cm³/mol. The molecule has 1 fully saturated rings. The van der Waals surface area contributed by atoms with Gasteiger partial charge in [0, 0.05) is 25.1 Å². The smallest absolute Gasteiger partial charge is 0.260 e. The molecule has 0 unspecified atom stereocenters. The second kappa shape index (κ2) is 8.90. The fourth-order valence-electron chi connectivity index (χ4n) is 3.61. The number of amides is 1. The normalized spacial score (nSPS) is 14.7. The molecule has 1 aliphatic heterocycles. The van der Waals surface area contributed by atoms with E-state index in [9.17, 15) is 4.79 Å². The molecule has 29 heavy (non-hydrogen) atoms. The first-order valence-electron chi connectivity index (χ1n) is 10.0. The first-order chi connectivity index (χ1) is 14.2. The minimum absolute atomic E-state index is 0.0362. The summed E-state index contributed by atoms with van der Waals surface area (Å²) in [4.78, 5) is 14.3. The maximum Gasteiger partial charge on any atom is 0.260 e. The fourth-order valence-corrected chi connectivity index (χ4v) is 3.61. The Bertz CT molecular complexity index is 947. The standard InChI is InChI=1S/C23H25N3O3/c1-17-6-5-9-20(14-17)28-16-22(27)26-12-10-18(11-13-26)15-21-24-25-23(29-21)19-7-3-2-4-8-19/h2-9,14,18H,10-13,15-16H2,1H3. The van der Waals surface area contributed by atoms with E-state index in [1.54, 1.807) is 0 Å². The summed E-state index contributed by atoms with van der Waals surface area (Å²) < 4.78 is 11.5. The summed E-state index contributed by atoms with van der Waals surface area (Å²) in [6.07, 6.45) is 2.61. The van der Waals surface area contributed by atoms with Crippen molar-refractivity contribution in [2.24, 2.45) is 5.92 Å². The molecule has 1 amide bonds. The number of nitrogens with zero attached hydrogens (tertiary/aromatic N) is 3. The Morgan fingerprint density at radius 2 is 1.90 bits per heavy atom. The zero-order chi connectivity index (χ0) is 20.1. The molecule has 0 bridgehead atoms. The summed E-state index contributed by atoms with van der Waals surface area (Å²) in [7, 11) is 0. The van der Waals surface area contributed by atoms with Crippen LogP contribution in [0, 0.1) is 12.8 Å². The lowest BCUT2D eigenvalue weighted by atomic mass is 9.93. The second-order valence-corrected chi connectivity index (χ2v) is 7.50. The van der Waals surface area contributed by atoms with E-state index in [0.29, 0.717) is 17.7 Å². The van der Waals surface area contributed by atoms with E-state index in [4.69, 9.17) is 9.15 Å². The topological polar surface area (TPSA) is 68.5 Å². The third-order valence-corrected chi connectivity index (χ3v) is 5.27. The molecule has 3 aromatic rings. The van der Waals surface area contributed by atoms with Crippen molar-refractivity contribution >= 4 is 5.91 Å². The molecular formula is C23H25N3O3. The van der Waals surface area contributed by atoms with E-state index < -0.39 is 0 Å². The summed E-state index contributed by atoms with van der Waals surface area (Å²) in [5.74, 6) is 2.44. The van der Waals surface area contributed by atoms with Gasteiger partial charge < -0.3 is 14.1 Å². The van der Waals surface area contributed by atoms with Gasteiger partial charge in [0.25, 0.3) is 5.91 Å². The SMILES string of the molecule is Cc1cccc(OCC(=O)N2CCC(Cc3nnc(-c4ccccc4)o3)CC2)c1. The largest absolute Gasteiger partial charge is 0.484 e. The lowest BCUT2D eigenvalue weighted by Crippen LogP contribution is -2.41. The molecule has 0 saturated carbocycles. The average molecular weight is 391 g/mol. The number of rotatable bonds is 6. The number of aryl methyl sites for hydroxylation is 1. The Morgan fingerprint density at radius 3 is 2.66 bits per heavy atom. The van der Waals surface area contributed by atoms with Crippen LogP contribution in [0.25, 0.3) is 11.5 Å². The highest BCUT2D eigenvalue weighted by molar-refractivity contribution is 5.77. The highest BCUT2D eigenvalue weighted by Gasteiger charge is 2.24. The third kappa shape index (κ3) is 5.02. The molecule has 1 saturated heterocycles. The van der Waals surface area contributed by atoms with Crippen LogP contribution in [0.15, 0.2) is 59.0 Å². The number of carbonyl (C=O) groups is 1. The molecule has 0 spiro atoms. The van der Waals surface area contributed by atoms with Crippen molar-refractivity contribution in [2.45, 2.75) is 26.2 Å². The van der Waals surface area contributed by atoms with E-state index >= 15 is 0 Å². The highest BCUT2D eigenvalue weighted by Crippen LogP contribution is 2.24. The summed E-state index contributed by atoms with van der Waals surface area (Å²) in [5.41, 5.74) is 2.05. The van der Waals surface area contributed by atoms with Crippen LogP contribution in [0.4, 0.5) is 0 Å². The fraction of sp³-hybridized carbons (Fsp3) is 0.348. The van der Waals surface area contributed by atoms with E-state index in [1.165, 1.54) is 0 Å². The number of hydrogen-bond acceptors (Lipinski definition) is 5. The van der Waals surface area contributed by atoms with Crippen molar-refractivity contribution in [2.75, 3.05) is 19.7 Å². The second-order valence-electron chi connectivity index (χ2n) is 7.50. The molecule has 6 heteroatoms. The summed E-state index contributed by atoms with van der Waals surface area (Å²) in [5, 5.41) is 8.35. The van der Waals surface area contributed by atoms with E-state index in [0.717, 1.165) is 49.2 Å². The number of aromatic nitrogens is 2. The van der Waals surface area contributed by atoms with Gasteiger partial charge in [0.05, 0.1) is 0 Å². The molecule has 0 radical (unpaired) electrons. The van der Waals surface area contributed by atoms with Gasteiger partial charge in [-0.1, -0.05) is 30.3 Å². The Kier molecular flexibility index (Phi) is 5.89. The molecule has 1 aromatic heterocycles. The molecule has 0 atom stereocenters. The van der Waals surface area contributed by atoms with Crippen molar-refractivity contribution in [3.63, 3.8) is 0 Å². The highest BCUT2D eigenvalue weighted by atomic mass is 16.5. The number of hydrogen-bond donors (Lipinski definition) is 0. The zero-order valence-electron chi connectivity index (χ0n) is 16.6. The van der Waals surface area contributed by atoms with Crippen LogP contribution in [0.5, 0.6) is 5.75 Å². The van der Waals surface area contributed by atoms with Crippen LogP contribution < -0.4 is 4.74 Å². The van der Waals surface area contributed by atoms with Gasteiger partial charge in [-0.3, -0.25) is 4.79 Å². The minimum Gasteiger partial charge on any atom is -0.484 e. The lowest BCUT2D eigenvalue weighted by Gasteiger charge is -2.31. The summed E-state index contributed by atoms with van der Waals surface area (Å²) in [6.45, 7) is 3.56. The maximum absolute atomic E-state index is 12.4. The summed E-state index contributed by atoms with van der Waals surface area (Å²) in [6, 6.07) is 17.5. The summed E-state index contributed by atoms with van der Waals surface area (Å²) >= 11 is 0. The van der Waals surface area contributed by atoms with Crippen molar-refractivity contribution < 1.29 is 13.9 Å². The quantitative estimate of drug-likeness (QED) is 0.637. The van der Waals surface area contributed by atoms with Gasteiger partial charge >= 0.3 is 0 Å². The van der Waals surface area contributed by atoms with Crippen LogP contribution in [0.1, 0.15) is 24.3 Å². The van der Waals surface area contributed by atoms with Crippen LogP contribution in [0.3, 0.4) is 0 Å².